The lowest BCUT2D eigenvalue weighted by atomic mass is 10.0. The van der Waals surface area contributed by atoms with Gasteiger partial charge in [0.15, 0.2) is 0 Å². The van der Waals surface area contributed by atoms with Crippen LogP contribution in [0.3, 0.4) is 0 Å². The molecule has 282 valence electrons. The van der Waals surface area contributed by atoms with Crippen LogP contribution in [0.2, 0.25) is 0 Å². The van der Waals surface area contributed by atoms with Crippen molar-refractivity contribution in [1.82, 2.24) is 40.0 Å². The SMILES string of the molecule is Cc1cc(C(=O)N[C@H]2CCCCCC=C[C@@H]3C[C@@]3(C(=O)NS(=O)(=O)C3CC3)NC(=O)[C@@H]3C[C@@H](Oc4nc5cc(F)ccc5nc4C)CN3C2=O)n(C)n1. The average molecular weight is 751 g/mol. The highest BCUT2D eigenvalue weighted by Gasteiger charge is 2.62. The molecule has 2 aliphatic carbocycles. The maximum absolute atomic E-state index is 14.5. The van der Waals surface area contributed by atoms with Crippen molar-refractivity contribution in [2.45, 2.75) is 101 Å². The first kappa shape index (κ1) is 36.4. The first-order valence-corrected chi connectivity index (χ1v) is 19.6. The molecule has 0 spiro atoms. The lowest BCUT2D eigenvalue weighted by molar-refractivity contribution is -0.141. The molecule has 7 rings (SSSR count). The van der Waals surface area contributed by atoms with Gasteiger partial charge in [-0.1, -0.05) is 25.0 Å². The Morgan fingerprint density at radius 2 is 1.85 bits per heavy atom. The van der Waals surface area contributed by atoms with Crippen molar-refractivity contribution in [3.8, 4) is 5.88 Å². The van der Waals surface area contributed by atoms with E-state index in [2.05, 4.69) is 30.4 Å². The van der Waals surface area contributed by atoms with E-state index < -0.39 is 74.4 Å². The maximum atomic E-state index is 14.5. The molecule has 4 aliphatic rings. The van der Waals surface area contributed by atoms with Gasteiger partial charge in [0.25, 0.3) is 11.8 Å². The molecule has 4 heterocycles. The van der Waals surface area contributed by atoms with Crippen LogP contribution < -0.4 is 20.1 Å². The van der Waals surface area contributed by atoms with E-state index in [1.807, 2.05) is 12.2 Å². The molecule has 2 aliphatic heterocycles. The standard InChI is InChI=1S/C36H43FN8O7S/c1-20-15-29(44(3)42-20)31(46)39-27-10-8-6-4-5-7-9-22-18-36(22,35(49)43-53(50,51)25-12-13-25)41-32(47)30-17-24(19-45(30)34(27)48)52-33-21(2)38-26-14-11-23(37)16-28(26)40-33/h7,9,11,14-16,22,24-25,27,30H,4-6,8,10,12-13,17-19H2,1-3H3,(H,39,46)(H,41,47)(H,43,49)/t22-,24-,27+,30+,36-/m1/s1. The van der Waals surface area contributed by atoms with Gasteiger partial charge in [-0.05, 0) is 70.6 Å². The third-order valence-electron chi connectivity index (χ3n) is 10.4. The fourth-order valence-electron chi connectivity index (χ4n) is 7.27. The van der Waals surface area contributed by atoms with E-state index in [1.165, 1.54) is 27.8 Å². The first-order chi connectivity index (χ1) is 25.2. The van der Waals surface area contributed by atoms with Gasteiger partial charge in [0.05, 0.1) is 28.5 Å². The van der Waals surface area contributed by atoms with Gasteiger partial charge in [0, 0.05) is 25.5 Å². The number of hydrogen-bond acceptors (Lipinski definition) is 10. The number of allylic oxidation sites excluding steroid dienone is 1. The quantitative estimate of drug-likeness (QED) is 0.302. The maximum Gasteiger partial charge on any atom is 0.270 e. The minimum absolute atomic E-state index is 0.0138. The number of fused-ring (bicyclic) bond motifs is 3. The number of rotatable bonds is 7. The van der Waals surface area contributed by atoms with Gasteiger partial charge in [-0.25, -0.2) is 22.8 Å². The number of sulfonamides is 1. The normalized spacial score (nSPS) is 26.5. The number of aromatic nitrogens is 4. The number of hydrogen-bond donors (Lipinski definition) is 3. The lowest BCUT2D eigenvalue weighted by Gasteiger charge is -2.30. The highest BCUT2D eigenvalue weighted by Crippen LogP contribution is 2.46. The van der Waals surface area contributed by atoms with Crippen LogP contribution in [-0.4, -0.2) is 92.2 Å². The summed E-state index contributed by atoms with van der Waals surface area (Å²) in [5.41, 5.74) is 0.519. The molecule has 0 radical (unpaired) electrons. The predicted octanol–water partition coefficient (Wildman–Crippen LogP) is 2.27. The van der Waals surface area contributed by atoms with Gasteiger partial charge < -0.3 is 20.3 Å². The molecule has 3 aromatic rings. The molecule has 0 unspecified atom stereocenters. The predicted molar refractivity (Wildman–Crippen MR) is 189 cm³/mol. The van der Waals surface area contributed by atoms with Crippen molar-refractivity contribution < 1.29 is 36.7 Å². The third kappa shape index (κ3) is 7.61. The summed E-state index contributed by atoms with van der Waals surface area (Å²) in [6.45, 7) is 3.36. The number of nitrogens with zero attached hydrogens (tertiary/aromatic N) is 5. The number of carbonyl (C=O) groups excluding carboxylic acids is 4. The molecular weight excluding hydrogens is 708 g/mol. The number of carbonyl (C=O) groups is 4. The molecule has 2 aromatic heterocycles. The Kier molecular flexibility index (Phi) is 9.72. The van der Waals surface area contributed by atoms with E-state index in [0.29, 0.717) is 49.0 Å². The fraction of sp³-hybridized carbons (Fsp3) is 0.528. The molecule has 1 saturated heterocycles. The lowest BCUT2D eigenvalue weighted by Crippen LogP contribution is -2.58. The summed E-state index contributed by atoms with van der Waals surface area (Å²) in [6, 6.07) is 3.48. The summed E-state index contributed by atoms with van der Waals surface area (Å²) in [6.07, 6.45) is 7.20. The highest BCUT2D eigenvalue weighted by molar-refractivity contribution is 7.91. The zero-order valence-corrected chi connectivity index (χ0v) is 30.6. The Morgan fingerprint density at radius 1 is 1.06 bits per heavy atom. The van der Waals surface area contributed by atoms with Crippen LogP contribution in [0, 0.1) is 25.6 Å². The number of benzene rings is 1. The van der Waals surface area contributed by atoms with E-state index in [9.17, 15) is 32.0 Å². The Morgan fingerprint density at radius 3 is 2.58 bits per heavy atom. The minimum Gasteiger partial charge on any atom is -0.471 e. The largest absolute Gasteiger partial charge is 0.471 e. The third-order valence-corrected chi connectivity index (χ3v) is 12.2. The Labute approximate surface area is 306 Å². The zero-order valence-electron chi connectivity index (χ0n) is 29.8. The minimum atomic E-state index is -3.91. The second kappa shape index (κ2) is 14.1. The van der Waals surface area contributed by atoms with Gasteiger partial charge in [-0.3, -0.25) is 28.6 Å². The van der Waals surface area contributed by atoms with Crippen LogP contribution in [0.4, 0.5) is 4.39 Å². The monoisotopic (exact) mass is 750 g/mol. The van der Waals surface area contributed by atoms with Gasteiger partial charge in [0.2, 0.25) is 27.7 Å². The van der Waals surface area contributed by atoms with E-state index in [0.717, 1.165) is 12.8 Å². The molecule has 3 N–H and O–H groups in total. The second-order valence-corrected chi connectivity index (χ2v) is 16.5. The summed E-state index contributed by atoms with van der Waals surface area (Å²) in [7, 11) is -2.27. The highest BCUT2D eigenvalue weighted by atomic mass is 32.2. The second-order valence-electron chi connectivity index (χ2n) is 14.6. The molecule has 1 aromatic carbocycles. The topological polar surface area (TPSA) is 195 Å². The van der Waals surface area contributed by atoms with Crippen molar-refractivity contribution in [3.05, 3.63) is 59.3 Å². The smallest absolute Gasteiger partial charge is 0.270 e. The van der Waals surface area contributed by atoms with Crippen LogP contribution >= 0.6 is 0 Å². The molecule has 4 amide bonds. The summed E-state index contributed by atoms with van der Waals surface area (Å²) in [5.74, 6) is -3.33. The van der Waals surface area contributed by atoms with Gasteiger partial charge in [0.1, 0.15) is 40.9 Å². The molecule has 0 bridgehead atoms. The van der Waals surface area contributed by atoms with Crippen LogP contribution in [-0.2, 0) is 31.5 Å². The molecule has 53 heavy (non-hydrogen) atoms. The van der Waals surface area contributed by atoms with E-state index in [1.54, 1.807) is 27.0 Å². The Hall–Kier alpha value is -4.93. The van der Waals surface area contributed by atoms with Crippen molar-refractivity contribution in [2.24, 2.45) is 13.0 Å². The molecule has 3 fully saturated rings. The van der Waals surface area contributed by atoms with Gasteiger partial charge in [-0.15, -0.1) is 0 Å². The summed E-state index contributed by atoms with van der Waals surface area (Å²) < 4.78 is 49.6. The number of halogens is 1. The van der Waals surface area contributed by atoms with Crippen molar-refractivity contribution in [3.63, 3.8) is 0 Å². The van der Waals surface area contributed by atoms with Crippen LogP contribution in [0.1, 0.15) is 79.7 Å². The van der Waals surface area contributed by atoms with Crippen LogP contribution in [0.5, 0.6) is 5.88 Å². The average Bonchev–Trinajstić information content (AvgIpc) is 4.00. The van der Waals surface area contributed by atoms with Crippen molar-refractivity contribution in [2.75, 3.05) is 6.54 Å². The zero-order chi connectivity index (χ0) is 37.7. The number of amides is 4. The molecule has 17 heteroatoms. The molecule has 5 atom stereocenters. The Balaban J connectivity index is 1.20. The van der Waals surface area contributed by atoms with Crippen LogP contribution in [0.25, 0.3) is 11.0 Å². The van der Waals surface area contributed by atoms with E-state index in [-0.39, 0.29) is 36.5 Å². The molecule has 15 nitrogen and oxygen atoms in total. The summed E-state index contributed by atoms with van der Waals surface area (Å²) >= 11 is 0. The molecule has 2 saturated carbocycles. The summed E-state index contributed by atoms with van der Waals surface area (Å²) in [4.78, 5) is 66.3. The fourth-order valence-corrected chi connectivity index (χ4v) is 8.64. The molecular formula is C36H43FN8O7S. The summed E-state index contributed by atoms with van der Waals surface area (Å²) in [5, 5.41) is 9.33. The van der Waals surface area contributed by atoms with Crippen LogP contribution in [0.15, 0.2) is 36.4 Å². The first-order valence-electron chi connectivity index (χ1n) is 18.0. The van der Waals surface area contributed by atoms with Gasteiger partial charge >= 0.3 is 0 Å². The number of aryl methyl sites for hydroxylation is 3. The van der Waals surface area contributed by atoms with Gasteiger partial charge in [-0.2, -0.15) is 5.10 Å². The number of nitrogens with one attached hydrogen (secondary N) is 3. The van der Waals surface area contributed by atoms with E-state index in [4.69, 9.17) is 4.74 Å². The van der Waals surface area contributed by atoms with E-state index >= 15 is 0 Å². The van der Waals surface area contributed by atoms with Crippen molar-refractivity contribution >= 4 is 44.7 Å². The Bertz CT molecular complexity index is 2120. The van der Waals surface area contributed by atoms with Crippen molar-refractivity contribution in [1.29, 1.82) is 0 Å². The number of ether oxygens (including phenoxy) is 1.